The van der Waals surface area contributed by atoms with Gasteiger partial charge in [-0.15, -0.1) is 11.3 Å². The largest absolute Gasteiger partial charge is 0.296 e. The second-order valence-corrected chi connectivity index (χ2v) is 8.14. The molecule has 0 atom stereocenters. The van der Waals surface area contributed by atoms with Gasteiger partial charge in [-0.05, 0) is 43.3 Å². The lowest BCUT2D eigenvalue weighted by molar-refractivity contribution is 0.601. The summed E-state index contributed by atoms with van der Waals surface area (Å²) in [6.07, 6.45) is 1.53. The highest BCUT2D eigenvalue weighted by Gasteiger charge is 2.16. The van der Waals surface area contributed by atoms with Crippen molar-refractivity contribution < 1.29 is 12.8 Å². The molecule has 0 bridgehead atoms. The van der Waals surface area contributed by atoms with Crippen LogP contribution < -0.4 is 4.72 Å². The Hall–Kier alpha value is -2.78. The van der Waals surface area contributed by atoms with E-state index in [0.717, 1.165) is 0 Å². The van der Waals surface area contributed by atoms with Crippen molar-refractivity contribution in [2.45, 2.75) is 11.8 Å². The zero-order chi connectivity index (χ0) is 18.3. The molecule has 0 saturated heterocycles. The number of hydrogen-bond donors (Lipinski definition) is 1. The van der Waals surface area contributed by atoms with E-state index in [1.54, 1.807) is 28.1 Å². The first-order chi connectivity index (χ1) is 12.4. The number of aryl methyl sites for hydroxylation is 1. The van der Waals surface area contributed by atoms with Gasteiger partial charge in [0, 0.05) is 23.3 Å². The van der Waals surface area contributed by atoms with Crippen molar-refractivity contribution in [2.75, 3.05) is 4.72 Å². The van der Waals surface area contributed by atoms with Crippen molar-refractivity contribution >= 4 is 37.5 Å². The summed E-state index contributed by atoms with van der Waals surface area (Å²) < 4.78 is 42.6. The van der Waals surface area contributed by atoms with E-state index in [4.69, 9.17) is 0 Å². The standard InChI is InChI=1S/C17H13FN4O2S2/c1-11-20-15-7-2-12(18)10-16(15)22(11)13-3-5-14(6-4-13)26(23,24)21-17-19-8-9-25-17/h2-10H,1H3,(H,19,21). The highest BCUT2D eigenvalue weighted by molar-refractivity contribution is 7.93. The van der Waals surface area contributed by atoms with Gasteiger partial charge in [0.05, 0.1) is 15.9 Å². The molecular formula is C17H13FN4O2S2. The number of fused-ring (bicyclic) bond motifs is 1. The lowest BCUT2D eigenvalue weighted by atomic mass is 10.2. The van der Waals surface area contributed by atoms with Crippen LogP contribution in [0.1, 0.15) is 5.82 Å². The van der Waals surface area contributed by atoms with Gasteiger partial charge in [0.2, 0.25) is 0 Å². The molecule has 0 radical (unpaired) electrons. The number of anilines is 1. The van der Waals surface area contributed by atoms with Crippen LogP contribution in [0, 0.1) is 12.7 Å². The average molecular weight is 388 g/mol. The van der Waals surface area contributed by atoms with E-state index in [-0.39, 0.29) is 10.7 Å². The van der Waals surface area contributed by atoms with E-state index in [0.29, 0.717) is 27.7 Å². The van der Waals surface area contributed by atoms with Crippen molar-refractivity contribution in [3.8, 4) is 5.69 Å². The van der Waals surface area contributed by atoms with Crippen LogP contribution in [0.3, 0.4) is 0 Å². The monoisotopic (exact) mass is 388 g/mol. The van der Waals surface area contributed by atoms with Gasteiger partial charge in [-0.2, -0.15) is 0 Å². The maximum absolute atomic E-state index is 13.6. The maximum Gasteiger partial charge on any atom is 0.263 e. The summed E-state index contributed by atoms with van der Waals surface area (Å²) in [6.45, 7) is 1.81. The van der Waals surface area contributed by atoms with Crippen LogP contribution in [0.2, 0.25) is 0 Å². The van der Waals surface area contributed by atoms with Gasteiger partial charge in [0.1, 0.15) is 11.6 Å². The van der Waals surface area contributed by atoms with Crippen LogP contribution in [-0.4, -0.2) is 23.0 Å². The third kappa shape index (κ3) is 2.95. The predicted octanol–water partition coefficient (Wildman–Crippen LogP) is 3.73. The Morgan fingerprint density at radius 2 is 1.92 bits per heavy atom. The lowest BCUT2D eigenvalue weighted by Gasteiger charge is -2.09. The zero-order valence-corrected chi connectivity index (χ0v) is 15.2. The number of halogens is 1. The molecule has 0 fully saturated rings. The summed E-state index contributed by atoms with van der Waals surface area (Å²) >= 11 is 1.20. The van der Waals surface area contributed by atoms with E-state index >= 15 is 0 Å². The third-order valence-electron chi connectivity index (χ3n) is 3.84. The molecule has 4 aromatic rings. The van der Waals surface area contributed by atoms with Crippen LogP contribution in [0.25, 0.3) is 16.7 Å². The number of benzene rings is 2. The first-order valence-corrected chi connectivity index (χ1v) is 9.98. The van der Waals surface area contributed by atoms with Crippen LogP contribution in [0.5, 0.6) is 0 Å². The highest BCUT2D eigenvalue weighted by atomic mass is 32.2. The van der Waals surface area contributed by atoms with Gasteiger partial charge in [-0.3, -0.25) is 9.29 Å². The topological polar surface area (TPSA) is 76.9 Å². The Balaban J connectivity index is 1.73. The first-order valence-electron chi connectivity index (χ1n) is 7.61. The lowest BCUT2D eigenvalue weighted by Crippen LogP contribution is -2.12. The van der Waals surface area contributed by atoms with Crippen LogP contribution in [0.4, 0.5) is 9.52 Å². The number of aromatic nitrogens is 3. The SMILES string of the molecule is Cc1nc2ccc(F)cc2n1-c1ccc(S(=O)(=O)Nc2nccs2)cc1. The van der Waals surface area contributed by atoms with Crippen LogP contribution in [-0.2, 0) is 10.0 Å². The predicted molar refractivity (Wildman–Crippen MR) is 98.7 cm³/mol. The van der Waals surface area contributed by atoms with Gasteiger partial charge in [0.15, 0.2) is 5.13 Å². The van der Waals surface area contributed by atoms with E-state index in [2.05, 4.69) is 14.7 Å². The molecule has 132 valence electrons. The molecule has 2 aromatic carbocycles. The summed E-state index contributed by atoms with van der Waals surface area (Å²) in [4.78, 5) is 8.45. The Morgan fingerprint density at radius 1 is 1.15 bits per heavy atom. The molecule has 0 spiro atoms. The summed E-state index contributed by atoms with van der Waals surface area (Å²) in [5, 5.41) is 1.99. The number of nitrogens with zero attached hydrogens (tertiary/aromatic N) is 3. The number of sulfonamides is 1. The van der Waals surface area contributed by atoms with Crippen LogP contribution in [0.15, 0.2) is 58.9 Å². The Kier molecular flexibility index (Phi) is 3.97. The van der Waals surface area contributed by atoms with E-state index in [1.807, 2.05) is 6.92 Å². The maximum atomic E-state index is 13.6. The van der Waals surface area contributed by atoms with E-state index in [1.165, 1.54) is 41.8 Å². The Labute approximate surface area is 153 Å². The fourth-order valence-corrected chi connectivity index (χ4v) is 4.51. The first kappa shape index (κ1) is 16.7. The van der Waals surface area contributed by atoms with Crippen molar-refractivity contribution in [3.63, 3.8) is 0 Å². The highest BCUT2D eigenvalue weighted by Crippen LogP contribution is 2.24. The number of nitrogens with one attached hydrogen (secondary N) is 1. The molecule has 4 rings (SSSR count). The van der Waals surface area contributed by atoms with Crippen molar-refractivity contribution in [1.29, 1.82) is 0 Å². The summed E-state index contributed by atoms with van der Waals surface area (Å²) in [5.74, 6) is 0.326. The van der Waals surface area contributed by atoms with Gasteiger partial charge in [0.25, 0.3) is 10.0 Å². The second-order valence-electron chi connectivity index (χ2n) is 5.56. The normalized spacial score (nSPS) is 11.8. The second kappa shape index (κ2) is 6.19. The molecule has 0 aliphatic rings. The number of imidazole rings is 1. The van der Waals surface area contributed by atoms with Crippen LogP contribution >= 0.6 is 11.3 Å². The molecule has 0 saturated carbocycles. The molecule has 2 heterocycles. The fourth-order valence-electron chi connectivity index (χ4n) is 2.72. The average Bonchev–Trinajstić information content (AvgIpc) is 3.21. The fraction of sp³-hybridized carbons (Fsp3) is 0.0588. The number of hydrogen-bond acceptors (Lipinski definition) is 5. The minimum absolute atomic E-state index is 0.115. The van der Waals surface area contributed by atoms with E-state index in [9.17, 15) is 12.8 Å². The minimum Gasteiger partial charge on any atom is -0.296 e. The summed E-state index contributed by atoms with van der Waals surface area (Å²) in [7, 11) is -3.72. The number of rotatable bonds is 4. The zero-order valence-electron chi connectivity index (χ0n) is 13.5. The van der Waals surface area contributed by atoms with E-state index < -0.39 is 10.0 Å². The molecule has 6 nitrogen and oxygen atoms in total. The molecular weight excluding hydrogens is 375 g/mol. The molecule has 0 amide bonds. The number of thiazole rings is 1. The van der Waals surface area contributed by atoms with Gasteiger partial charge < -0.3 is 0 Å². The molecule has 9 heteroatoms. The quantitative estimate of drug-likeness (QED) is 0.578. The van der Waals surface area contributed by atoms with Crippen molar-refractivity contribution in [2.24, 2.45) is 0 Å². The summed E-state index contributed by atoms with van der Waals surface area (Å²) in [6, 6.07) is 10.7. The van der Waals surface area contributed by atoms with Gasteiger partial charge >= 0.3 is 0 Å². The molecule has 26 heavy (non-hydrogen) atoms. The molecule has 1 N–H and O–H groups in total. The smallest absolute Gasteiger partial charge is 0.263 e. The molecule has 0 unspecified atom stereocenters. The van der Waals surface area contributed by atoms with Gasteiger partial charge in [-0.25, -0.2) is 22.8 Å². The molecule has 0 aliphatic carbocycles. The third-order valence-corrected chi connectivity index (χ3v) is 6.02. The van der Waals surface area contributed by atoms with Gasteiger partial charge in [-0.1, -0.05) is 0 Å². The van der Waals surface area contributed by atoms with Crippen molar-refractivity contribution in [1.82, 2.24) is 14.5 Å². The van der Waals surface area contributed by atoms with Crippen molar-refractivity contribution in [3.05, 3.63) is 65.7 Å². The summed E-state index contributed by atoms with van der Waals surface area (Å²) in [5.41, 5.74) is 1.99. The molecule has 2 aromatic heterocycles. The Bertz CT molecular complexity index is 1180. The molecule has 0 aliphatic heterocycles. The Morgan fingerprint density at radius 3 is 2.62 bits per heavy atom. The minimum atomic E-state index is -3.72.